The third-order valence-electron chi connectivity index (χ3n) is 4.13. The predicted molar refractivity (Wildman–Crippen MR) is 87.8 cm³/mol. The van der Waals surface area contributed by atoms with Gasteiger partial charge in [-0.15, -0.1) is 0 Å². The highest BCUT2D eigenvalue weighted by Gasteiger charge is 2.34. The second-order valence-electron chi connectivity index (χ2n) is 5.70. The second kappa shape index (κ2) is 5.06. The van der Waals surface area contributed by atoms with Gasteiger partial charge in [-0.25, -0.2) is 0 Å². The fraction of sp³-hybridized carbons (Fsp3) is 0.111. The zero-order valence-corrected chi connectivity index (χ0v) is 12.8. The molecule has 3 nitrogen and oxygen atoms in total. The predicted octanol–water partition coefficient (Wildman–Crippen LogP) is 4.68. The van der Waals surface area contributed by atoms with Crippen LogP contribution in [-0.4, -0.2) is 11.9 Å². The summed E-state index contributed by atoms with van der Waals surface area (Å²) in [7, 11) is 1.87. The Balaban J connectivity index is 1.83. The summed E-state index contributed by atoms with van der Waals surface area (Å²) < 4.78 is 39.1. The molecule has 1 N–H and O–H groups in total. The first-order valence-electron chi connectivity index (χ1n) is 7.43. The van der Waals surface area contributed by atoms with Gasteiger partial charge in [0.25, 0.3) is 0 Å². The maximum Gasteiger partial charge on any atom is 0.416 e. The van der Waals surface area contributed by atoms with E-state index in [-0.39, 0.29) is 0 Å². The van der Waals surface area contributed by atoms with Crippen LogP contribution in [0.1, 0.15) is 11.1 Å². The van der Waals surface area contributed by atoms with E-state index >= 15 is 0 Å². The van der Waals surface area contributed by atoms with Crippen molar-refractivity contribution in [1.29, 1.82) is 0 Å². The molecule has 0 radical (unpaired) electrons. The molecule has 0 aliphatic carbocycles. The van der Waals surface area contributed by atoms with E-state index in [2.05, 4.69) is 5.32 Å². The number of rotatable bonds is 1. The van der Waals surface area contributed by atoms with Gasteiger partial charge in [0.1, 0.15) is 5.82 Å². The van der Waals surface area contributed by atoms with Gasteiger partial charge in [-0.2, -0.15) is 13.2 Å². The van der Waals surface area contributed by atoms with Crippen molar-refractivity contribution in [3.63, 3.8) is 0 Å². The lowest BCUT2D eigenvalue weighted by molar-refractivity contribution is -0.137. The Hall–Kier alpha value is -2.89. The van der Waals surface area contributed by atoms with Crippen LogP contribution in [0.3, 0.4) is 0 Å². The van der Waals surface area contributed by atoms with Crippen LogP contribution in [0.4, 0.5) is 24.5 Å². The largest absolute Gasteiger partial charge is 0.416 e. The highest BCUT2D eigenvalue weighted by Crippen LogP contribution is 2.43. The standard InChI is InChI=1S/C18H14F3N3/c1-23-11-16(12-5-4-6-13(9-12)18(19,20)21)24-15-8-3-2-7-14(15)22-10-17(23)24/h2-11,22H,1H3. The molecule has 2 aromatic carbocycles. The Morgan fingerprint density at radius 1 is 1.00 bits per heavy atom. The average molecular weight is 329 g/mol. The summed E-state index contributed by atoms with van der Waals surface area (Å²) in [6.07, 6.45) is -0.675. The van der Waals surface area contributed by atoms with Gasteiger partial charge in [0, 0.05) is 25.0 Å². The van der Waals surface area contributed by atoms with Gasteiger partial charge in [-0.05, 0) is 24.3 Å². The van der Waals surface area contributed by atoms with E-state index in [4.69, 9.17) is 0 Å². The van der Waals surface area contributed by atoms with Crippen LogP contribution >= 0.6 is 0 Å². The molecule has 0 bridgehead atoms. The first kappa shape index (κ1) is 14.7. The minimum atomic E-state index is -4.36. The number of fused-ring (bicyclic) bond motifs is 3. The number of hydrogen-bond donors (Lipinski definition) is 1. The highest BCUT2D eigenvalue weighted by atomic mass is 19.4. The van der Waals surface area contributed by atoms with Crippen LogP contribution < -0.4 is 10.2 Å². The van der Waals surface area contributed by atoms with Crippen LogP contribution in [0.5, 0.6) is 0 Å². The van der Waals surface area contributed by atoms with Gasteiger partial charge in [-0.1, -0.05) is 24.3 Å². The molecule has 0 saturated heterocycles. The third-order valence-corrected chi connectivity index (χ3v) is 4.13. The first-order chi connectivity index (χ1) is 11.4. The van der Waals surface area contributed by atoms with Crippen molar-refractivity contribution in [3.8, 4) is 0 Å². The second-order valence-corrected chi connectivity index (χ2v) is 5.70. The van der Waals surface area contributed by atoms with E-state index in [9.17, 15) is 13.2 Å². The molecule has 0 aromatic heterocycles. The van der Waals surface area contributed by atoms with Crippen LogP contribution in [0, 0.1) is 0 Å². The van der Waals surface area contributed by atoms with Gasteiger partial charge in [0.2, 0.25) is 0 Å². The molecule has 2 aliphatic heterocycles. The lowest BCUT2D eigenvalue weighted by Gasteiger charge is -2.31. The minimum absolute atomic E-state index is 0.525. The van der Waals surface area contributed by atoms with E-state index in [0.717, 1.165) is 23.3 Å². The molecule has 0 fully saturated rings. The topological polar surface area (TPSA) is 18.5 Å². The number of nitrogens with one attached hydrogen (secondary N) is 1. The maximum absolute atomic E-state index is 13.0. The Morgan fingerprint density at radius 2 is 1.79 bits per heavy atom. The molecule has 2 heterocycles. The van der Waals surface area contributed by atoms with Gasteiger partial charge in [0.15, 0.2) is 0 Å². The van der Waals surface area contributed by atoms with E-state index in [1.54, 1.807) is 6.07 Å². The lowest BCUT2D eigenvalue weighted by atomic mass is 10.1. The minimum Gasteiger partial charge on any atom is -0.357 e. The Morgan fingerprint density at radius 3 is 2.58 bits per heavy atom. The first-order valence-corrected chi connectivity index (χ1v) is 7.43. The summed E-state index contributed by atoms with van der Waals surface area (Å²) in [5.41, 5.74) is 2.41. The smallest absolute Gasteiger partial charge is 0.357 e. The van der Waals surface area contributed by atoms with E-state index in [1.165, 1.54) is 12.1 Å². The molecular weight excluding hydrogens is 315 g/mol. The average Bonchev–Trinajstić information content (AvgIpc) is 2.92. The maximum atomic E-state index is 13.0. The Labute approximate surface area is 137 Å². The lowest BCUT2D eigenvalue weighted by Crippen LogP contribution is -2.26. The molecule has 122 valence electrons. The molecule has 2 aromatic rings. The quantitative estimate of drug-likeness (QED) is 0.819. The fourth-order valence-electron chi connectivity index (χ4n) is 3.00. The third kappa shape index (κ3) is 2.22. The fourth-order valence-corrected chi connectivity index (χ4v) is 3.00. The number of nitrogens with zero attached hydrogens (tertiary/aromatic N) is 2. The summed E-state index contributed by atoms with van der Waals surface area (Å²) in [4.78, 5) is 3.85. The van der Waals surface area contributed by atoms with Gasteiger partial charge < -0.3 is 10.2 Å². The van der Waals surface area contributed by atoms with E-state index < -0.39 is 11.7 Å². The molecule has 0 saturated carbocycles. The van der Waals surface area contributed by atoms with Gasteiger partial charge >= 0.3 is 6.18 Å². The SMILES string of the molecule is CN1C=C(c2cccc(C(F)(F)F)c2)N2C1=CNc1ccccc12. The van der Waals surface area contributed by atoms with Gasteiger partial charge in [-0.3, -0.25) is 4.90 Å². The molecule has 0 amide bonds. The highest BCUT2D eigenvalue weighted by molar-refractivity contribution is 5.92. The van der Waals surface area contributed by atoms with Crippen LogP contribution in [0.25, 0.3) is 5.70 Å². The summed E-state index contributed by atoms with van der Waals surface area (Å²) in [6, 6.07) is 13.1. The number of para-hydroxylation sites is 2. The van der Waals surface area contributed by atoms with Crippen molar-refractivity contribution in [2.24, 2.45) is 0 Å². The number of benzene rings is 2. The Bertz CT molecular complexity index is 868. The number of alkyl halides is 3. The van der Waals surface area contributed by atoms with E-state index in [0.29, 0.717) is 11.3 Å². The van der Waals surface area contributed by atoms with Crippen LogP contribution in [0.2, 0.25) is 0 Å². The zero-order chi connectivity index (χ0) is 16.9. The molecule has 0 unspecified atom stereocenters. The van der Waals surface area contributed by atoms with Crippen molar-refractivity contribution < 1.29 is 13.2 Å². The van der Waals surface area contributed by atoms with Crippen molar-refractivity contribution in [1.82, 2.24) is 4.90 Å². The summed E-state index contributed by atoms with van der Waals surface area (Å²) in [5.74, 6) is 0.862. The van der Waals surface area contributed by atoms with Crippen LogP contribution in [-0.2, 0) is 6.18 Å². The van der Waals surface area contributed by atoms with Crippen molar-refractivity contribution >= 4 is 17.1 Å². The van der Waals surface area contributed by atoms with Gasteiger partial charge in [0.05, 0.1) is 22.6 Å². The zero-order valence-electron chi connectivity index (χ0n) is 12.8. The number of halogens is 3. The van der Waals surface area contributed by atoms with Crippen molar-refractivity contribution in [2.45, 2.75) is 6.18 Å². The van der Waals surface area contributed by atoms with Crippen molar-refractivity contribution in [3.05, 3.63) is 77.9 Å². The monoisotopic (exact) mass is 329 g/mol. The molecular formula is C18H14F3N3. The summed E-state index contributed by atoms with van der Waals surface area (Å²) >= 11 is 0. The summed E-state index contributed by atoms with van der Waals surface area (Å²) in [6.45, 7) is 0. The Kier molecular flexibility index (Phi) is 3.09. The van der Waals surface area contributed by atoms with E-state index in [1.807, 2.05) is 53.5 Å². The number of hydrogen-bond acceptors (Lipinski definition) is 3. The number of anilines is 2. The molecule has 2 aliphatic rings. The molecule has 0 spiro atoms. The van der Waals surface area contributed by atoms with Crippen LogP contribution in [0.15, 0.2) is 66.8 Å². The van der Waals surface area contributed by atoms with Crippen molar-refractivity contribution in [2.75, 3.05) is 17.3 Å². The normalized spacial score (nSPS) is 16.2. The molecule has 24 heavy (non-hydrogen) atoms. The molecule has 6 heteroatoms. The molecule has 0 atom stereocenters. The molecule has 4 rings (SSSR count). The summed E-state index contributed by atoms with van der Waals surface area (Å²) in [5, 5.41) is 3.21.